The predicted molar refractivity (Wildman–Crippen MR) is 80.2 cm³/mol. The minimum atomic E-state index is -0.853. The highest BCUT2D eigenvalue weighted by atomic mass is 16.4. The average molecular weight is 292 g/mol. The molecule has 0 aliphatic rings. The van der Waals surface area contributed by atoms with Gasteiger partial charge in [-0.2, -0.15) is 0 Å². The summed E-state index contributed by atoms with van der Waals surface area (Å²) in [6.07, 6.45) is 1.36. The summed E-state index contributed by atoms with van der Waals surface area (Å²) in [6.45, 7) is 3.23. The number of anilines is 2. The molecule has 0 unspecified atom stereocenters. The van der Waals surface area contributed by atoms with E-state index in [1.165, 1.54) is 6.92 Å². The fraction of sp³-hybridized carbons (Fsp3) is 0.400. The third kappa shape index (κ3) is 6.07. The third-order valence-electron chi connectivity index (χ3n) is 2.96. The molecule has 0 saturated heterocycles. The molecule has 1 aromatic carbocycles. The van der Waals surface area contributed by atoms with Crippen molar-refractivity contribution in [3.8, 4) is 0 Å². The molecule has 0 aliphatic carbocycles. The molecule has 0 saturated carbocycles. The van der Waals surface area contributed by atoms with Gasteiger partial charge in [-0.3, -0.25) is 14.4 Å². The van der Waals surface area contributed by atoms with Crippen LogP contribution in [-0.2, 0) is 14.4 Å². The van der Waals surface area contributed by atoms with Crippen molar-refractivity contribution in [2.24, 2.45) is 0 Å². The van der Waals surface area contributed by atoms with E-state index in [1.807, 2.05) is 6.92 Å². The van der Waals surface area contributed by atoms with E-state index in [9.17, 15) is 14.4 Å². The molecule has 2 amide bonds. The molecule has 1 rings (SSSR count). The van der Waals surface area contributed by atoms with E-state index in [2.05, 4.69) is 10.6 Å². The molecule has 0 aliphatic heterocycles. The molecular weight excluding hydrogens is 272 g/mol. The topological polar surface area (TPSA) is 95.5 Å². The Labute approximate surface area is 123 Å². The van der Waals surface area contributed by atoms with Crippen LogP contribution < -0.4 is 10.6 Å². The van der Waals surface area contributed by atoms with Crippen LogP contribution in [0.1, 0.15) is 38.2 Å². The average Bonchev–Trinajstić information content (AvgIpc) is 2.39. The molecule has 1 aromatic rings. The van der Waals surface area contributed by atoms with E-state index >= 15 is 0 Å². The van der Waals surface area contributed by atoms with E-state index in [1.54, 1.807) is 18.2 Å². The van der Waals surface area contributed by atoms with Gasteiger partial charge in [0.25, 0.3) is 0 Å². The minimum absolute atomic E-state index is 0.0737. The summed E-state index contributed by atoms with van der Waals surface area (Å²) in [4.78, 5) is 33.2. The van der Waals surface area contributed by atoms with E-state index in [4.69, 9.17) is 5.11 Å². The van der Waals surface area contributed by atoms with Crippen LogP contribution in [0, 0.1) is 6.92 Å². The summed E-state index contributed by atoms with van der Waals surface area (Å²) in [5, 5.41) is 14.0. The van der Waals surface area contributed by atoms with Gasteiger partial charge in [-0.25, -0.2) is 0 Å². The molecule has 21 heavy (non-hydrogen) atoms. The molecular formula is C15H20N2O4. The number of benzene rings is 1. The highest BCUT2D eigenvalue weighted by Crippen LogP contribution is 2.23. The second-order valence-electron chi connectivity index (χ2n) is 4.81. The van der Waals surface area contributed by atoms with E-state index in [-0.39, 0.29) is 24.7 Å². The summed E-state index contributed by atoms with van der Waals surface area (Å²) in [5.74, 6) is -1.19. The number of carboxylic acids is 1. The quantitative estimate of drug-likeness (QED) is 0.673. The van der Waals surface area contributed by atoms with Crippen LogP contribution >= 0.6 is 0 Å². The van der Waals surface area contributed by atoms with Crippen LogP contribution in [0.4, 0.5) is 11.4 Å². The number of hydrogen-bond donors (Lipinski definition) is 3. The van der Waals surface area contributed by atoms with Gasteiger partial charge >= 0.3 is 5.97 Å². The molecule has 0 radical (unpaired) electrons. The SMILES string of the molecule is CC(=O)Nc1cccc(NC(=O)CCCCC(=O)O)c1C. The molecule has 6 heteroatoms. The Bertz CT molecular complexity index is 540. The number of unbranched alkanes of at least 4 members (excludes halogenated alkanes) is 1. The zero-order valence-electron chi connectivity index (χ0n) is 12.2. The molecule has 0 bridgehead atoms. The first-order chi connectivity index (χ1) is 9.90. The highest BCUT2D eigenvalue weighted by molar-refractivity contribution is 5.95. The van der Waals surface area contributed by atoms with Gasteiger partial charge in [0, 0.05) is 31.1 Å². The Hall–Kier alpha value is -2.37. The minimum Gasteiger partial charge on any atom is -0.481 e. The Balaban J connectivity index is 2.56. The van der Waals surface area contributed by atoms with Crippen LogP contribution in [0.2, 0.25) is 0 Å². The van der Waals surface area contributed by atoms with Gasteiger partial charge in [-0.1, -0.05) is 6.07 Å². The lowest BCUT2D eigenvalue weighted by Crippen LogP contribution is -2.14. The largest absolute Gasteiger partial charge is 0.481 e. The second kappa shape index (κ2) is 8.04. The van der Waals surface area contributed by atoms with Crippen molar-refractivity contribution in [1.82, 2.24) is 0 Å². The van der Waals surface area contributed by atoms with Gasteiger partial charge in [-0.15, -0.1) is 0 Å². The monoisotopic (exact) mass is 292 g/mol. The lowest BCUT2D eigenvalue weighted by Gasteiger charge is -2.12. The summed E-state index contributed by atoms with van der Waals surface area (Å²) in [5.41, 5.74) is 2.09. The number of carbonyl (C=O) groups is 3. The van der Waals surface area contributed by atoms with Crippen LogP contribution in [0.3, 0.4) is 0 Å². The molecule has 0 spiro atoms. The lowest BCUT2D eigenvalue weighted by atomic mass is 10.1. The second-order valence-corrected chi connectivity index (χ2v) is 4.81. The third-order valence-corrected chi connectivity index (χ3v) is 2.96. The zero-order valence-corrected chi connectivity index (χ0v) is 12.2. The van der Waals surface area contributed by atoms with Gasteiger partial charge in [0.1, 0.15) is 0 Å². The number of amides is 2. The number of hydrogen-bond acceptors (Lipinski definition) is 3. The number of rotatable bonds is 7. The van der Waals surface area contributed by atoms with Crippen LogP contribution in [0.15, 0.2) is 18.2 Å². The Kier molecular flexibility index (Phi) is 6.39. The molecule has 3 N–H and O–H groups in total. The summed E-state index contributed by atoms with van der Waals surface area (Å²) >= 11 is 0. The van der Waals surface area contributed by atoms with E-state index in [0.717, 1.165) is 5.56 Å². The maximum atomic E-state index is 11.8. The zero-order chi connectivity index (χ0) is 15.8. The maximum absolute atomic E-state index is 11.8. The number of carbonyl (C=O) groups excluding carboxylic acids is 2. The van der Waals surface area contributed by atoms with Gasteiger partial charge in [0.2, 0.25) is 11.8 Å². The van der Waals surface area contributed by atoms with E-state index in [0.29, 0.717) is 24.2 Å². The fourth-order valence-corrected chi connectivity index (χ4v) is 1.87. The molecule has 0 heterocycles. The number of carboxylic acid groups (broad SMARTS) is 1. The lowest BCUT2D eigenvalue weighted by molar-refractivity contribution is -0.137. The molecule has 6 nitrogen and oxygen atoms in total. The summed E-state index contributed by atoms with van der Waals surface area (Å²) in [6, 6.07) is 5.27. The van der Waals surface area contributed by atoms with Gasteiger partial charge in [-0.05, 0) is 37.5 Å². The number of nitrogens with one attached hydrogen (secondary N) is 2. The molecule has 0 atom stereocenters. The highest BCUT2D eigenvalue weighted by Gasteiger charge is 2.08. The number of aliphatic carboxylic acids is 1. The first-order valence-corrected chi connectivity index (χ1v) is 6.79. The maximum Gasteiger partial charge on any atom is 0.303 e. The Morgan fingerprint density at radius 1 is 1.05 bits per heavy atom. The van der Waals surface area contributed by atoms with Crippen LogP contribution in [-0.4, -0.2) is 22.9 Å². The summed E-state index contributed by atoms with van der Waals surface area (Å²) in [7, 11) is 0. The van der Waals surface area contributed by atoms with Crippen molar-refractivity contribution in [2.75, 3.05) is 10.6 Å². The van der Waals surface area contributed by atoms with Crippen molar-refractivity contribution >= 4 is 29.2 Å². The predicted octanol–water partition coefficient (Wildman–Crippen LogP) is 2.54. The van der Waals surface area contributed by atoms with Crippen molar-refractivity contribution in [1.29, 1.82) is 0 Å². The van der Waals surface area contributed by atoms with Crippen molar-refractivity contribution in [3.63, 3.8) is 0 Å². The van der Waals surface area contributed by atoms with Gasteiger partial charge in [0.05, 0.1) is 0 Å². The van der Waals surface area contributed by atoms with Crippen LogP contribution in [0.25, 0.3) is 0 Å². The van der Waals surface area contributed by atoms with E-state index < -0.39 is 5.97 Å². The van der Waals surface area contributed by atoms with Gasteiger partial charge in [0.15, 0.2) is 0 Å². The smallest absolute Gasteiger partial charge is 0.303 e. The Morgan fingerprint density at radius 2 is 1.62 bits per heavy atom. The van der Waals surface area contributed by atoms with Crippen molar-refractivity contribution < 1.29 is 19.5 Å². The van der Waals surface area contributed by atoms with Crippen molar-refractivity contribution in [3.05, 3.63) is 23.8 Å². The van der Waals surface area contributed by atoms with Gasteiger partial charge < -0.3 is 15.7 Å². The summed E-state index contributed by atoms with van der Waals surface area (Å²) < 4.78 is 0. The van der Waals surface area contributed by atoms with Crippen LogP contribution in [0.5, 0.6) is 0 Å². The molecule has 0 fully saturated rings. The molecule has 114 valence electrons. The first-order valence-electron chi connectivity index (χ1n) is 6.79. The molecule has 0 aromatic heterocycles. The van der Waals surface area contributed by atoms with Crippen molar-refractivity contribution in [2.45, 2.75) is 39.5 Å². The Morgan fingerprint density at radius 3 is 2.19 bits per heavy atom. The first kappa shape index (κ1) is 16.7. The standard InChI is InChI=1S/C15H20N2O4/c1-10-12(16-11(2)18)6-5-7-13(10)17-14(19)8-3-4-9-15(20)21/h5-7H,3-4,8-9H2,1-2H3,(H,16,18)(H,17,19)(H,20,21). The normalized spacial score (nSPS) is 10.0. The fourth-order valence-electron chi connectivity index (χ4n) is 1.87.